The van der Waals surface area contributed by atoms with Crippen molar-refractivity contribution in [3.63, 3.8) is 0 Å². The highest BCUT2D eigenvalue weighted by Crippen LogP contribution is 2.26. The number of anilines is 1. The number of nitrogens with zero attached hydrogens (tertiary/aromatic N) is 2. The van der Waals surface area contributed by atoms with E-state index >= 15 is 0 Å². The zero-order valence-corrected chi connectivity index (χ0v) is 17.0. The molecular weight excluding hydrogens is 402 g/mol. The Bertz CT molecular complexity index is 1080. The van der Waals surface area contributed by atoms with Crippen LogP contribution in [0.4, 0.5) is 10.8 Å². The van der Waals surface area contributed by atoms with Crippen LogP contribution in [-0.2, 0) is 4.79 Å². The third-order valence-corrected chi connectivity index (χ3v) is 5.20. The van der Waals surface area contributed by atoms with Crippen LogP contribution in [0.25, 0.3) is 17.4 Å². The summed E-state index contributed by atoms with van der Waals surface area (Å²) in [6.45, 7) is 1.05. The van der Waals surface area contributed by atoms with Gasteiger partial charge in [0.15, 0.2) is 5.76 Å². The summed E-state index contributed by atoms with van der Waals surface area (Å²) in [6, 6.07) is 17.7. The summed E-state index contributed by atoms with van der Waals surface area (Å²) in [7, 11) is 1.89. The van der Waals surface area contributed by atoms with Gasteiger partial charge >= 0.3 is 0 Å². The number of oxazole rings is 1. The smallest absolute Gasteiger partial charge is 0.297 e. The molecule has 1 N–H and O–H groups in total. The average Bonchev–Trinajstić information content (AvgIpc) is 3.37. The fourth-order valence-corrected chi connectivity index (χ4v) is 3.49. The van der Waals surface area contributed by atoms with Crippen molar-refractivity contribution in [2.75, 3.05) is 25.1 Å². The highest BCUT2D eigenvalue weighted by Gasteiger charge is 2.24. The summed E-state index contributed by atoms with van der Waals surface area (Å²) < 4.78 is 11.6. The van der Waals surface area contributed by atoms with Crippen LogP contribution in [-0.4, -0.2) is 36.3 Å². The molecule has 7 nitrogen and oxygen atoms in total. The average molecular weight is 421 g/mol. The van der Waals surface area contributed by atoms with Crippen molar-refractivity contribution in [3.8, 4) is 17.1 Å². The Labute approximate surface area is 177 Å². The molecule has 0 aliphatic carbocycles. The molecule has 1 saturated heterocycles. The lowest BCUT2D eigenvalue weighted by Crippen LogP contribution is -2.23. The summed E-state index contributed by atoms with van der Waals surface area (Å²) in [5, 5.41) is 1.89. The van der Waals surface area contributed by atoms with Gasteiger partial charge in [0.1, 0.15) is 12.4 Å². The van der Waals surface area contributed by atoms with Gasteiger partial charge in [-0.15, -0.1) is 0 Å². The summed E-state index contributed by atoms with van der Waals surface area (Å²) >= 11 is 0.898. The number of likely N-dealkylation sites (N-methyl/N-ethyl adjacent to an activating group) is 1. The second-order valence-corrected chi connectivity index (χ2v) is 7.58. The lowest BCUT2D eigenvalue weighted by molar-refractivity contribution is -0.115. The van der Waals surface area contributed by atoms with E-state index in [0.29, 0.717) is 29.8 Å². The molecule has 0 spiro atoms. The standard InChI is InChI=1S/C22H19N3O4S/c1-25(21-23-14-18(29-21)16-5-3-2-4-6-16)11-12-28-17-9-7-15(8-10-17)13-19-20(26)24-22(27)30-19/h2-10,13-14H,11-12H2,1H3,(H,24,26,27). The Morgan fingerprint density at radius 1 is 1.13 bits per heavy atom. The number of benzene rings is 2. The van der Waals surface area contributed by atoms with Gasteiger partial charge < -0.3 is 14.1 Å². The number of ether oxygens (including phenoxy) is 1. The Kier molecular flexibility index (Phi) is 5.85. The molecule has 1 aliphatic heterocycles. The fraction of sp³-hybridized carbons (Fsp3) is 0.136. The van der Waals surface area contributed by atoms with Gasteiger partial charge in [-0.3, -0.25) is 14.9 Å². The molecule has 0 saturated carbocycles. The normalized spacial score (nSPS) is 14.8. The molecule has 3 aromatic rings. The molecule has 8 heteroatoms. The van der Waals surface area contributed by atoms with Gasteiger partial charge in [-0.05, 0) is 35.5 Å². The molecule has 30 heavy (non-hydrogen) atoms. The lowest BCUT2D eigenvalue weighted by Gasteiger charge is -2.15. The largest absolute Gasteiger partial charge is 0.492 e. The van der Waals surface area contributed by atoms with E-state index in [1.807, 2.05) is 66.5 Å². The molecule has 4 rings (SSSR count). The molecule has 0 radical (unpaired) electrons. The van der Waals surface area contributed by atoms with Crippen LogP contribution >= 0.6 is 11.8 Å². The summed E-state index contributed by atoms with van der Waals surface area (Å²) in [6.07, 6.45) is 3.39. The van der Waals surface area contributed by atoms with Gasteiger partial charge in [0.2, 0.25) is 0 Å². The SMILES string of the molecule is CN(CCOc1ccc(C=C2SC(=O)NC2=O)cc1)c1ncc(-c2ccccc2)o1. The molecule has 2 aromatic carbocycles. The molecule has 0 bridgehead atoms. The van der Waals surface area contributed by atoms with Gasteiger partial charge in [-0.2, -0.15) is 0 Å². The molecule has 2 amide bonds. The van der Waals surface area contributed by atoms with Crippen molar-refractivity contribution in [2.24, 2.45) is 0 Å². The summed E-state index contributed by atoms with van der Waals surface area (Å²) in [4.78, 5) is 29.4. The van der Waals surface area contributed by atoms with Crippen LogP contribution in [0.3, 0.4) is 0 Å². The zero-order valence-electron chi connectivity index (χ0n) is 16.2. The van der Waals surface area contributed by atoms with Crippen LogP contribution in [0.5, 0.6) is 5.75 Å². The molecule has 2 heterocycles. The van der Waals surface area contributed by atoms with Gasteiger partial charge in [0.25, 0.3) is 17.2 Å². The van der Waals surface area contributed by atoms with E-state index < -0.39 is 0 Å². The number of rotatable bonds is 7. The third-order valence-electron chi connectivity index (χ3n) is 4.39. The van der Waals surface area contributed by atoms with Gasteiger partial charge in [0.05, 0.1) is 17.6 Å². The van der Waals surface area contributed by atoms with Crippen LogP contribution in [0.1, 0.15) is 5.56 Å². The van der Waals surface area contributed by atoms with Crippen LogP contribution in [0.15, 0.2) is 70.1 Å². The predicted octanol–water partition coefficient (Wildman–Crippen LogP) is 4.18. The third kappa shape index (κ3) is 4.72. The molecule has 1 fully saturated rings. The molecule has 1 aliphatic rings. The van der Waals surface area contributed by atoms with E-state index in [-0.39, 0.29) is 11.1 Å². The lowest BCUT2D eigenvalue weighted by atomic mass is 10.2. The van der Waals surface area contributed by atoms with Crippen molar-refractivity contribution in [2.45, 2.75) is 0 Å². The first-order valence-corrected chi connectivity index (χ1v) is 10.1. The minimum absolute atomic E-state index is 0.350. The Balaban J connectivity index is 1.29. The fourth-order valence-electron chi connectivity index (χ4n) is 2.81. The maximum absolute atomic E-state index is 11.6. The minimum atomic E-state index is -0.365. The van der Waals surface area contributed by atoms with E-state index in [0.717, 1.165) is 28.6 Å². The number of imide groups is 1. The summed E-state index contributed by atoms with van der Waals surface area (Å²) in [5.41, 5.74) is 1.80. The van der Waals surface area contributed by atoms with Crippen LogP contribution in [0.2, 0.25) is 0 Å². The number of hydrogen-bond acceptors (Lipinski definition) is 7. The highest BCUT2D eigenvalue weighted by atomic mass is 32.2. The Hall–Kier alpha value is -3.52. The quantitative estimate of drug-likeness (QED) is 0.573. The second kappa shape index (κ2) is 8.87. The van der Waals surface area contributed by atoms with E-state index in [1.165, 1.54) is 0 Å². The number of nitrogens with one attached hydrogen (secondary N) is 1. The molecule has 1 aromatic heterocycles. The van der Waals surface area contributed by atoms with E-state index in [9.17, 15) is 9.59 Å². The maximum Gasteiger partial charge on any atom is 0.297 e. The van der Waals surface area contributed by atoms with E-state index in [2.05, 4.69) is 10.3 Å². The van der Waals surface area contributed by atoms with Crippen molar-refractivity contribution in [3.05, 3.63) is 71.3 Å². The Morgan fingerprint density at radius 3 is 2.60 bits per heavy atom. The second-order valence-electron chi connectivity index (χ2n) is 6.56. The first-order chi connectivity index (χ1) is 14.6. The molecule has 0 atom stereocenters. The monoisotopic (exact) mass is 421 g/mol. The highest BCUT2D eigenvalue weighted by molar-refractivity contribution is 8.18. The molecular formula is C22H19N3O4S. The van der Waals surface area contributed by atoms with Crippen molar-refractivity contribution >= 4 is 35.0 Å². The molecule has 152 valence electrons. The summed E-state index contributed by atoms with van der Waals surface area (Å²) in [5.74, 6) is 1.07. The predicted molar refractivity (Wildman–Crippen MR) is 116 cm³/mol. The topological polar surface area (TPSA) is 84.7 Å². The van der Waals surface area contributed by atoms with Gasteiger partial charge in [-0.1, -0.05) is 42.5 Å². The maximum atomic E-state index is 11.6. The number of carbonyl (C=O) groups excluding carboxylic acids is 2. The van der Waals surface area contributed by atoms with E-state index in [4.69, 9.17) is 9.15 Å². The Morgan fingerprint density at radius 2 is 1.90 bits per heavy atom. The number of amides is 2. The first kappa shape index (κ1) is 19.8. The minimum Gasteiger partial charge on any atom is -0.492 e. The number of thioether (sulfide) groups is 1. The van der Waals surface area contributed by atoms with E-state index in [1.54, 1.807) is 12.3 Å². The van der Waals surface area contributed by atoms with Crippen molar-refractivity contribution in [1.82, 2.24) is 10.3 Å². The van der Waals surface area contributed by atoms with Crippen molar-refractivity contribution in [1.29, 1.82) is 0 Å². The van der Waals surface area contributed by atoms with Crippen molar-refractivity contribution < 1.29 is 18.7 Å². The first-order valence-electron chi connectivity index (χ1n) is 9.28. The van der Waals surface area contributed by atoms with Gasteiger partial charge in [0, 0.05) is 12.6 Å². The molecule has 0 unspecified atom stereocenters. The number of hydrogen-bond donors (Lipinski definition) is 1. The zero-order chi connectivity index (χ0) is 20.9. The number of aromatic nitrogens is 1. The van der Waals surface area contributed by atoms with Gasteiger partial charge in [-0.25, -0.2) is 4.98 Å². The van der Waals surface area contributed by atoms with Crippen LogP contribution in [0, 0.1) is 0 Å². The van der Waals surface area contributed by atoms with Crippen LogP contribution < -0.4 is 15.0 Å². The number of carbonyl (C=O) groups is 2.